The largest absolute Gasteiger partial charge is 0.356 e. The van der Waals surface area contributed by atoms with Gasteiger partial charge in [0.2, 0.25) is 6.41 Å². The van der Waals surface area contributed by atoms with Crippen molar-refractivity contribution in [3.05, 3.63) is 63.9 Å². The summed E-state index contributed by atoms with van der Waals surface area (Å²) in [5, 5.41) is 11.3. The summed E-state index contributed by atoms with van der Waals surface area (Å²) in [4.78, 5) is 6.88. The van der Waals surface area contributed by atoms with Gasteiger partial charge in [-0.05, 0) is 86.9 Å². The van der Waals surface area contributed by atoms with Gasteiger partial charge in [0.25, 0.3) is 0 Å². The average Bonchev–Trinajstić information content (AvgIpc) is 2.80. The molecule has 160 valence electrons. The number of fused-ring (bicyclic) bond motifs is 2. The number of rotatable bonds is 3. The van der Waals surface area contributed by atoms with Crippen LogP contribution in [0.3, 0.4) is 0 Å². The van der Waals surface area contributed by atoms with Crippen molar-refractivity contribution in [1.82, 2.24) is 9.88 Å². The van der Waals surface area contributed by atoms with E-state index in [1.54, 1.807) is 0 Å². The molecule has 2 atom stereocenters. The molecule has 0 spiro atoms. The Morgan fingerprint density at radius 2 is 1.93 bits per heavy atom. The molecule has 0 saturated carbocycles. The number of hydrogen-bond donors (Lipinski definition) is 1. The summed E-state index contributed by atoms with van der Waals surface area (Å²) in [7, 11) is 0. The first kappa shape index (κ1) is 21.5. The molecule has 1 aliphatic carbocycles. The minimum absolute atomic E-state index is 0.213. The Morgan fingerprint density at radius 1 is 1.20 bits per heavy atom. The van der Waals surface area contributed by atoms with Crippen LogP contribution in [0.5, 0.6) is 0 Å². The molecule has 1 N–H and O–H groups in total. The molecule has 0 radical (unpaired) electrons. The Morgan fingerprint density at radius 3 is 2.63 bits per heavy atom. The predicted octanol–water partition coefficient (Wildman–Crippen LogP) is 5.54. The normalized spacial score (nSPS) is 21.4. The highest BCUT2D eigenvalue weighted by Gasteiger charge is 2.35. The van der Waals surface area contributed by atoms with Crippen molar-refractivity contribution in [3.8, 4) is 0 Å². The van der Waals surface area contributed by atoms with Crippen LogP contribution in [-0.2, 0) is 4.74 Å². The Labute approximate surface area is 184 Å². The van der Waals surface area contributed by atoms with E-state index in [-0.39, 0.29) is 11.5 Å². The molecule has 4 nitrogen and oxygen atoms in total. The second-order valence-corrected chi connectivity index (χ2v) is 9.88. The highest BCUT2D eigenvalue weighted by molar-refractivity contribution is 6.30. The highest BCUT2D eigenvalue weighted by atomic mass is 35.5. The second-order valence-electron chi connectivity index (χ2n) is 9.44. The molecular weight excluding hydrogens is 396 g/mol. The first-order valence-corrected chi connectivity index (χ1v) is 11.1. The van der Waals surface area contributed by atoms with E-state index >= 15 is 0 Å². The van der Waals surface area contributed by atoms with Crippen LogP contribution in [0.25, 0.3) is 11.6 Å². The number of aliphatic hydroxyl groups is 1. The molecule has 30 heavy (non-hydrogen) atoms. The maximum atomic E-state index is 10.5. The van der Waals surface area contributed by atoms with Gasteiger partial charge in [0.15, 0.2) is 0 Å². The third-order valence-corrected chi connectivity index (χ3v) is 6.37. The lowest BCUT2D eigenvalue weighted by molar-refractivity contribution is -0.243. The van der Waals surface area contributed by atoms with E-state index in [1.165, 1.54) is 22.3 Å². The topological polar surface area (TPSA) is 45.6 Å². The summed E-state index contributed by atoms with van der Waals surface area (Å²) in [5.74, 6) is 0.654. The van der Waals surface area contributed by atoms with E-state index < -0.39 is 6.41 Å². The van der Waals surface area contributed by atoms with Gasteiger partial charge < -0.3 is 9.84 Å². The minimum atomic E-state index is -0.861. The molecule has 0 bridgehead atoms. The van der Waals surface area contributed by atoms with Crippen molar-refractivity contribution >= 4 is 23.3 Å². The van der Waals surface area contributed by atoms with Crippen molar-refractivity contribution in [2.75, 3.05) is 13.1 Å². The number of benzene rings is 1. The average molecular weight is 427 g/mol. The third kappa shape index (κ3) is 4.47. The van der Waals surface area contributed by atoms with E-state index in [0.29, 0.717) is 5.92 Å². The van der Waals surface area contributed by atoms with E-state index in [1.807, 2.05) is 44.0 Å². The Bertz CT molecular complexity index is 942. The van der Waals surface area contributed by atoms with Crippen LogP contribution in [-0.4, -0.2) is 40.1 Å². The molecule has 0 amide bonds. The molecule has 5 heteroatoms. The van der Waals surface area contributed by atoms with E-state index in [4.69, 9.17) is 21.3 Å². The van der Waals surface area contributed by atoms with Gasteiger partial charge in [-0.25, -0.2) is 0 Å². The van der Waals surface area contributed by atoms with Crippen LogP contribution in [0, 0.1) is 5.92 Å². The molecule has 1 aliphatic heterocycles. The Hall–Kier alpha value is -1.72. The van der Waals surface area contributed by atoms with Gasteiger partial charge in [-0.3, -0.25) is 9.88 Å². The smallest absolute Gasteiger partial charge is 0.216 e. The number of aliphatic hydroxyl groups excluding tert-OH is 1. The van der Waals surface area contributed by atoms with Gasteiger partial charge in [-0.1, -0.05) is 29.8 Å². The zero-order valence-corrected chi connectivity index (χ0v) is 19.0. The molecule has 1 aromatic heterocycles. The van der Waals surface area contributed by atoms with E-state index in [0.717, 1.165) is 36.6 Å². The molecule has 2 heterocycles. The predicted molar refractivity (Wildman–Crippen MR) is 122 cm³/mol. The summed E-state index contributed by atoms with van der Waals surface area (Å²) >= 11 is 6.34. The molecule has 4 rings (SSSR count). The lowest BCUT2D eigenvalue weighted by Crippen LogP contribution is -2.46. The standard InChI is InChI=1S/C25H31ClN2O2/c1-16-14-18-15-19(26)7-8-21(18)22(23-20(16)6-5-11-27-23)17-9-12-28(13-10-17)24(29)30-25(2,3)4/h5-8,11,14-15,17,22,24,29H,9-10,12-13H2,1-4H3. The molecular formula is C25H31ClN2O2. The molecule has 1 aromatic carbocycles. The van der Waals surface area contributed by atoms with Gasteiger partial charge in [-0.2, -0.15) is 0 Å². The van der Waals surface area contributed by atoms with Crippen LogP contribution in [0.1, 0.15) is 68.8 Å². The number of allylic oxidation sites excluding steroid dienone is 1. The Kier molecular flexibility index (Phi) is 6.04. The molecule has 1 saturated heterocycles. The number of pyridine rings is 1. The fraction of sp³-hybridized carbons (Fsp3) is 0.480. The lowest BCUT2D eigenvalue weighted by Gasteiger charge is -2.39. The first-order chi connectivity index (χ1) is 14.2. The number of hydrogen-bond acceptors (Lipinski definition) is 4. The molecule has 2 aromatic rings. The summed E-state index contributed by atoms with van der Waals surface area (Å²) < 4.78 is 5.76. The van der Waals surface area contributed by atoms with Gasteiger partial charge >= 0.3 is 0 Å². The molecule has 1 fully saturated rings. The SMILES string of the molecule is CC1=Cc2cc(Cl)ccc2C(C2CCN(C(O)OC(C)(C)C)CC2)c2ncccc21. The minimum Gasteiger partial charge on any atom is -0.356 e. The summed E-state index contributed by atoms with van der Waals surface area (Å²) in [6.45, 7) is 9.65. The van der Waals surface area contributed by atoms with Crippen LogP contribution in [0.4, 0.5) is 0 Å². The summed E-state index contributed by atoms with van der Waals surface area (Å²) in [6.07, 6.45) is 5.23. The Balaban J connectivity index is 1.63. The number of ether oxygens (including phenoxy) is 1. The zero-order valence-electron chi connectivity index (χ0n) is 18.2. The molecule has 2 aliphatic rings. The van der Waals surface area contributed by atoms with Gasteiger partial charge in [0.05, 0.1) is 11.3 Å². The first-order valence-electron chi connectivity index (χ1n) is 10.8. The highest BCUT2D eigenvalue weighted by Crippen LogP contribution is 2.44. The third-order valence-electron chi connectivity index (χ3n) is 6.13. The number of aromatic nitrogens is 1. The van der Waals surface area contributed by atoms with Gasteiger partial charge in [0.1, 0.15) is 0 Å². The number of likely N-dealkylation sites (tertiary alicyclic amines) is 1. The van der Waals surface area contributed by atoms with Crippen molar-refractivity contribution in [2.45, 2.75) is 58.5 Å². The van der Waals surface area contributed by atoms with Crippen molar-refractivity contribution < 1.29 is 9.84 Å². The summed E-state index contributed by atoms with van der Waals surface area (Å²) in [5.41, 5.74) is 5.69. The summed E-state index contributed by atoms with van der Waals surface area (Å²) in [6, 6.07) is 10.4. The zero-order chi connectivity index (χ0) is 21.5. The van der Waals surface area contributed by atoms with Gasteiger partial charge in [0, 0.05) is 30.2 Å². The van der Waals surface area contributed by atoms with Gasteiger partial charge in [-0.15, -0.1) is 0 Å². The fourth-order valence-corrected chi connectivity index (χ4v) is 4.93. The lowest BCUT2D eigenvalue weighted by atomic mass is 9.76. The van der Waals surface area contributed by atoms with Crippen molar-refractivity contribution in [2.24, 2.45) is 5.92 Å². The van der Waals surface area contributed by atoms with Crippen LogP contribution in [0.2, 0.25) is 5.02 Å². The maximum Gasteiger partial charge on any atom is 0.216 e. The quantitative estimate of drug-likeness (QED) is 0.654. The monoisotopic (exact) mass is 426 g/mol. The van der Waals surface area contributed by atoms with E-state index in [2.05, 4.69) is 31.2 Å². The van der Waals surface area contributed by atoms with Crippen LogP contribution < -0.4 is 0 Å². The maximum absolute atomic E-state index is 10.5. The van der Waals surface area contributed by atoms with Crippen molar-refractivity contribution in [1.29, 1.82) is 0 Å². The fourth-order valence-electron chi connectivity index (χ4n) is 4.75. The second kappa shape index (κ2) is 8.43. The van der Waals surface area contributed by atoms with Crippen LogP contribution >= 0.6 is 11.6 Å². The number of nitrogens with zero attached hydrogens (tertiary/aromatic N) is 2. The van der Waals surface area contributed by atoms with Crippen molar-refractivity contribution in [3.63, 3.8) is 0 Å². The number of halogens is 1. The molecule has 2 unspecified atom stereocenters. The van der Waals surface area contributed by atoms with Crippen LogP contribution in [0.15, 0.2) is 36.5 Å². The van der Waals surface area contributed by atoms with E-state index in [9.17, 15) is 5.11 Å². The number of piperidine rings is 1.